The van der Waals surface area contributed by atoms with E-state index >= 15 is 0 Å². The molecule has 0 aliphatic heterocycles. The third-order valence-corrected chi connectivity index (χ3v) is 6.24. The molecule has 6 nitrogen and oxygen atoms in total. The number of rotatable bonds is 8. The molecule has 0 unspecified atom stereocenters. The summed E-state index contributed by atoms with van der Waals surface area (Å²) in [7, 11) is 0. The molecule has 0 aliphatic rings. The van der Waals surface area contributed by atoms with Crippen LogP contribution in [-0.4, -0.2) is 28.2 Å². The molecule has 3 aromatic rings. The van der Waals surface area contributed by atoms with Crippen molar-refractivity contribution < 1.29 is 22.7 Å². The number of aryl methyl sites for hydroxylation is 1. The van der Waals surface area contributed by atoms with Crippen LogP contribution in [0.5, 0.6) is 5.75 Å². The first kappa shape index (κ1) is 23.9. The predicted octanol–water partition coefficient (Wildman–Crippen LogP) is 6.34. The van der Waals surface area contributed by atoms with Crippen LogP contribution in [0, 0.1) is 6.92 Å². The highest BCUT2D eigenvalue weighted by Crippen LogP contribution is 2.31. The molecular weight excluding hydrogens is 461 g/mol. The van der Waals surface area contributed by atoms with Crippen molar-refractivity contribution in [3.8, 4) is 5.75 Å². The van der Waals surface area contributed by atoms with Gasteiger partial charge in [0.1, 0.15) is 5.75 Å². The number of nitrogens with zero attached hydrogens (tertiary/aromatic N) is 2. The van der Waals surface area contributed by atoms with Gasteiger partial charge in [-0.15, -0.1) is 23.4 Å². The largest absolute Gasteiger partial charge is 0.573 e. The highest BCUT2D eigenvalue weighted by Gasteiger charge is 2.30. The third kappa shape index (κ3) is 6.86. The second-order valence-corrected chi connectivity index (χ2v) is 9.30. The van der Waals surface area contributed by atoms with Crippen LogP contribution in [0.1, 0.15) is 30.9 Å². The van der Waals surface area contributed by atoms with Crippen LogP contribution in [0.3, 0.4) is 0 Å². The number of halogens is 3. The third-order valence-electron chi connectivity index (χ3n) is 4.26. The normalized spacial score (nSPS) is 11.5. The number of anilines is 3. The van der Waals surface area contributed by atoms with E-state index in [0.29, 0.717) is 15.2 Å². The maximum atomic E-state index is 12.5. The zero-order valence-electron chi connectivity index (χ0n) is 17.5. The van der Waals surface area contributed by atoms with Crippen molar-refractivity contribution in [2.75, 3.05) is 16.4 Å². The van der Waals surface area contributed by atoms with Crippen molar-refractivity contribution >= 4 is 45.5 Å². The molecule has 0 saturated heterocycles. The number of carbonyl (C=O) groups excluding carboxylic acids is 1. The lowest BCUT2D eigenvalue weighted by atomic mass is 9.98. The molecule has 0 aliphatic carbocycles. The minimum Gasteiger partial charge on any atom is -0.406 e. The Kier molecular flexibility index (Phi) is 7.62. The maximum Gasteiger partial charge on any atom is 0.573 e. The van der Waals surface area contributed by atoms with Crippen LogP contribution in [0.25, 0.3) is 0 Å². The lowest BCUT2D eigenvalue weighted by Crippen LogP contribution is -2.16. The fourth-order valence-corrected chi connectivity index (χ4v) is 4.40. The Labute approximate surface area is 191 Å². The van der Waals surface area contributed by atoms with Gasteiger partial charge in [0, 0.05) is 11.4 Å². The van der Waals surface area contributed by atoms with E-state index in [9.17, 15) is 18.0 Å². The van der Waals surface area contributed by atoms with Crippen LogP contribution >= 0.6 is 23.1 Å². The molecule has 0 fully saturated rings. The van der Waals surface area contributed by atoms with E-state index in [1.807, 2.05) is 25.1 Å². The Hall–Kier alpha value is -2.79. The van der Waals surface area contributed by atoms with Gasteiger partial charge in [0.05, 0.1) is 5.75 Å². The number of hydrogen-bond donors (Lipinski definition) is 2. The molecule has 2 aromatic carbocycles. The zero-order valence-corrected chi connectivity index (χ0v) is 19.1. The minimum atomic E-state index is -4.73. The molecule has 0 bridgehead atoms. The van der Waals surface area contributed by atoms with E-state index in [1.54, 1.807) is 0 Å². The topological polar surface area (TPSA) is 76.1 Å². The summed E-state index contributed by atoms with van der Waals surface area (Å²) < 4.78 is 41.1. The SMILES string of the molecule is Cc1cccc(C(C)C)c1NC(=O)CSc1nnc(Nc2ccc(OC(F)(F)F)cc2)s1. The van der Waals surface area contributed by atoms with E-state index in [-0.39, 0.29) is 23.3 Å². The molecule has 170 valence electrons. The summed E-state index contributed by atoms with van der Waals surface area (Å²) in [5, 5.41) is 14.4. The van der Waals surface area contributed by atoms with Crippen molar-refractivity contribution in [3.05, 3.63) is 53.6 Å². The number of thioether (sulfide) groups is 1. The summed E-state index contributed by atoms with van der Waals surface area (Å²) in [6, 6.07) is 11.2. The van der Waals surface area contributed by atoms with Gasteiger partial charge in [-0.2, -0.15) is 0 Å². The Balaban J connectivity index is 1.54. The number of aromatic nitrogens is 2. The summed E-state index contributed by atoms with van der Waals surface area (Å²) in [6.45, 7) is 6.11. The average Bonchev–Trinajstić information content (AvgIpc) is 3.15. The molecule has 0 spiro atoms. The van der Waals surface area contributed by atoms with Crippen molar-refractivity contribution in [3.63, 3.8) is 0 Å². The molecule has 3 rings (SSSR count). The fraction of sp³-hybridized carbons (Fsp3) is 0.286. The van der Waals surface area contributed by atoms with Gasteiger partial charge < -0.3 is 15.4 Å². The Bertz CT molecular complexity index is 1070. The number of para-hydroxylation sites is 1. The number of amides is 1. The van der Waals surface area contributed by atoms with Gasteiger partial charge in [-0.1, -0.05) is 55.1 Å². The summed E-state index contributed by atoms with van der Waals surface area (Å²) in [4.78, 5) is 12.5. The van der Waals surface area contributed by atoms with Crippen molar-refractivity contribution in [1.82, 2.24) is 10.2 Å². The first-order chi connectivity index (χ1) is 15.1. The van der Waals surface area contributed by atoms with E-state index in [0.717, 1.165) is 16.8 Å². The van der Waals surface area contributed by atoms with Crippen LogP contribution < -0.4 is 15.4 Å². The number of alkyl halides is 3. The van der Waals surface area contributed by atoms with Gasteiger partial charge in [0.25, 0.3) is 0 Å². The number of hydrogen-bond acceptors (Lipinski definition) is 7. The standard InChI is InChI=1S/C21H21F3N4O2S2/c1-12(2)16-6-4-5-13(3)18(16)26-17(29)11-31-20-28-27-19(32-20)25-14-7-9-15(10-8-14)30-21(22,23)24/h4-10,12H,11H2,1-3H3,(H,25,27)(H,26,29). The predicted molar refractivity (Wildman–Crippen MR) is 121 cm³/mol. The van der Waals surface area contributed by atoms with Gasteiger partial charge in [-0.25, -0.2) is 0 Å². The van der Waals surface area contributed by atoms with Crippen LogP contribution in [0.4, 0.5) is 29.7 Å². The summed E-state index contributed by atoms with van der Waals surface area (Å²) >= 11 is 2.50. The second kappa shape index (κ2) is 10.2. The molecule has 2 N–H and O–H groups in total. The van der Waals surface area contributed by atoms with Crippen molar-refractivity contribution in [1.29, 1.82) is 0 Å². The highest BCUT2D eigenvalue weighted by atomic mass is 32.2. The van der Waals surface area contributed by atoms with E-state index in [2.05, 4.69) is 39.4 Å². The van der Waals surface area contributed by atoms with E-state index in [4.69, 9.17) is 0 Å². The lowest BCUT2D eigenvalue weighted by molar-refractivity contribution is -0.274. The fourth-order valence-electron chi connectivity index (χ4n) is 2.83. The van der Waals surface area contributed by atoms with Crippen molar-refractivity contribution in [2.24, 2.45) is 0 Å². The summed E-state index contributed by atoms with van der Waals surface area (Å²) in [5.74, 6) is 0.000940. The molecule has 0 saturated carbocycles. The first-order valence-corrected chi connectivity index (χ1v) is 11.4. The summed E-state index contributed by atoms with van der Waals surface area (Å²) in [5.41, 5.74) is 3.46. The molecule has 32 heavy (non-hydrogen) atoms. The highest BCUT2D eigenvalue weighted by molar-refractivity contribution is 8.01. The Morgan fingerprint density at radius 1 is 1.16 bits per heavy atom. The van der Waals surface area contributed by atoms with E-state index in [1.165, 1.54) is 47.4 Å². The molecule has 0 atom stereocenters. The van der Waals surface area contributed by atoms with Gasteiger partial charge in [-0.05, 0) is 48.2 Å². The monoisotopic (exact) mass is 482 g/mol. The number of ether oxygens (including phenoxy) is 1. The Morgan fingerprint density at radius 2 is 1.88 bits per heavy atom. The van der Waals surface area contributed by atoms with E-state index < -0.39 is 6.36 Å². The van der Waals surface area contributed by atoms with Gasteiger partial charge >= 0.3 is 6.36 Å². The zero-order chi connectivity index (χ0) is 23.3. The molecule has 1 heterocycles. The maximum absolute atomic E-state index is 12.5. The van der Waals surface area contributed by atoms with Crippen LogP contribution in [-0.2, 0) is 4.79 Å². The van der Waals surface area contributed by atoms with Gasteiger partial charge in [0.15, 0.2) is 4.34 Å². The minimum absolute atomic E-state index is 0.142. The molecular formula is C21H21F3N4O2S2. The Morgan fingerprint density at radius 3 is 2.53 bits per heavy atom. The number of benzene rings is 2. The summed E-state index contributed by atoms with van der Waals surface area (Å²) in [6.07, 6.45) is -4.73. The van der Waals surface area contributed by atoms with Crippen molar-refractivity contribution in [2.45, 2.75) is 37.4 Å². The van der Waals surface area contributed by atoms with Crippen LogP contribution in [0.2, 0.25) is 0 Å². The molecule has 0 radical (unpaired) electrons. The molecule has 11 heteroatoms. The van der Waals surface area contributed by atoms with Gasteiger partial charge in [0.2, 0.25) is 11.0 Å². The average molecular weight is 483 g/mol. The second-order valence-electron chi connectivity index (χ2n) is 7.10. The van der Waals surface area contributed by atoms with Gasteiger partial charge in [-0.3, -0.25) is 4.79 Å². The quantitative estimate of drug-likeness (QED) is 0.365. The smallest absolute Gasteiger partial charge is 0.406 e. The van der Waals surface area contributed by atoms with Crippen LogP contribution in [0.15, 0.2) is 46.8 Å². The molecule has 1 aromatic heterocycles. The lowest BCUT2D eigenvalue weighted by Gasteiger charge is -2.16. The molecule has 1 amide bonds. The first-order valence-electron chi connectivity index (χ1n) is 9.59. The number of nitrogens with one attached hydrogen (secondary N) is 2. The number of carbonyl (C=O) groups is 1.